The standard InChI is InChI=1S/C18H38N4O2S.HI/c1-6-19-18(21-16(4)9-11-25(5,23)24)20-12-17-8-7-10-22(14-17)13-15(2)3;/h15-17H,6-14H2,1-5H3,(H2,19,20,21);1H. The van der Waals surface area contributed by atoms with Crippen LogP contribution in [0.2, 0.25) is 0 Å². The number of nitrogens with zero attached hydrogens (tertiary/aromatic N) is 2. The monoisotopic (exact) mass is 502 g/mol. The van der Waals surface area contributed by atoms with Crippen molar-refractivity contribution in [2.24, 2.45) is 16.8 Å². The Labute approximate surface area is 177 Å². The Morgan fingerprint density at radius 3 is 2.58 bits per heavy atom. The fourth-order valence-electron chi connectivity index (χ4n) is 3.22. The van der Waals surface area contributed by atoms with E-state index in [0.717, 1.165) is 25.6 Å². The fourth-order valence-corrected chi connectivity index (χ4v) is 4.00. The van der Waals surface area contributed by atoms with Crippen molar-refractivity contribution in [1.82, 2.24) is 15.5 Å². The number of hydrogen-bond donors (Lipinski definition) is 2. The molecule has 1 aliphatic heterocycles. The third kappa shape index (κ3) is 12.3. The fraction of sp³-hybridized carbons (Fsp3) is 0.944. The van der Waals surface area contributed by atoms with E-state index in [1.807, 2.05) is 13.8 Å². The number of halogens is 1. The van der Waals surface area contributed by atoms with Crippen LogP contribution >= 0.6 is 24.0 Å². The molecule has 2 unspecified atom stereocenters. The first kappa shape index (κ1) is 25.9. The Hall–Kier alpha value is -0.0900. The summed E-state index contributed by atoms with van der Waals surface area (Å²) >= 11 is 0. The zero-order valence-corrected chi connectivity index (χ0v) is 20.3. The third-order valence-corrected chi connectivity index (χ3v) is 5.36. The third-order valence-electron chi connectivity index (χ3n) is 4.38. The highest BCUT2D eigenvalue weighted by atomic mass is 127. The maximum atomic E-state index is 11.3. The number of likely N-dealkylation sites (tertiary alicyclic amines) is 1. The van der Waals surface area contributed by atoms with Crippen LogP contribution in [0.3, 0.4) is 0 Å². The van der Waals surface area contributed by atoms with Gasteiger partial charge in [-0.15, -0.1) is 24.0 Å². The first-order valence-corrected chi connectivity index (χ1v) is 11.7. The van der Waals surface area contributed by atoms with Crippen LogP contribution in [0, 0.1) is 11.8 Å². The van der Waals surface area contributed by atoms with E-state index in [2.05, 4.69) is 29.4 Å². The molecule has 0 aromatic carbocycles. The summed E-state index contributed by atoms with van der Waals surface area (Å²) in [5, 5.41) is 6.60. The van der Waals surface area contributed by atoms with Gasteiger partial charge >= 0.3 is 0 Å². The van der Waals surface area contributed by atoms with E-state index in [4.69, 9.17) is 4.99 Å². The summed E-state index contributed by atoms with van der Waals surface area (Å²) in [5.41, 5.74) is 0. The highest BCUT2D eigenvalue weighted by Gasteiger charge is 2.20. The predicted octanol–water partition coefficient (Wildman–Crippen LogP) is 2.35. The summed E-state index contributed by atoms with van der Waals surface area (Å²) in [6.07, 6.45) is 4.36. The Kier molecular flexibility index (Phi) is 13.1. The molecule has 0 aromatic heterocycles. The summed E-state index contributed by atoms with van der Waals surface area (Å²) in [6, 6.07) is 0.0799. The Morgan fingerprint density at radius 1 is 1.31 bits per heavy atom. The van der Waals surface area contributed by atoms with Crippen molar-refractivity contribution in [2.75, 3.05) is 44.7 Å². The predicted molar refractivity (Wildman–Crippen MR) is 122 cm³/mol. The molecule has 1 fully saturated rings. The molecule has 6 nitrogen and oxygen atoms in total. The van der Waals surface area contributed by atoms with E-state index in [0.29, 0.717) is 18.3 Å². The average molecular weight is 503 g/mol. The van der Waals surface area contributed by atoms with Crippen molar-refractivity contribution < 1.29 is 8.42 Å². The zero-order valence-electron chi connectivity index (χ0n) is 17.1. The normalized spacial score (nSPS) is 20.5. The van der Waals surface area contributed by atoms with Gasteiger partial charge in [-0.1, -0.05) is 13.8 Å². The molecule has 156 valence electrons. The number of rotatable bonds is 9. The van der Waals surface area contributed by atoms with Crippen LogP contribution in [0.25, 0.3) is 0 Å². The Morgan fingerprint density at radius 2 is 2.00 bits per heavy atom. The van der Waals surface area contributed by atoms with Crippen LogP contribution in [0.1, 0.15) is 47.0 Å². The molecular formula is C18H39IN4O2S. The highest BCUT2D eigenvalue weighted by Crippen LogP contribution is 2.17. The number of hydrogen-bond acceptors (Lipinski definition) is 4. The van der Waals surface area contributed by atoms with Gasteiger partial charge in [-0.25, -0.2) is 8.42 Å². The lowest BCUT2D eigenvalue weighted by Crippen LogP contribution is -2.44. The van der Waals surface area contributed by atoms with Crippen molar-refractivity contribution in [3.05, 3.63) is 0 Å². The van der Waals surface area contributed by atoms with Gasteiger partial charge < -0.3 is 15.5 Å². The SMILES string of the molecule is CCNC(=NCC1CCCN(CC(C)C)C1)NC(C)CCS(C)(=O)=O.I. The minimum Gasteiger partial charge on any atom is -0.357 e. The maximum absolute atomic E-state index is 11.3. The number of nitrogens with one attached hydrogen (secondary N) is 2. The van der Waals surface area contributed by atoms with Gasteiger partial charge in [0.25, 0.3) is 0 Å². The molecule has 0 radical (unpaired) electrons. The summed E-state index contributed by atoms with van der Waals surface area (Å²) in [7, 11) is -2.92. The number of piperidine rings is 1. The van der Waals surface area contributed by atoms with E-state index in [1.165, 1.54) is 32.2 Å². The summed E-state index contributed by atoms with van der Waals surface area (Å²) < 4.78 is 22.6. The Bertz CT molecular complexity index is 511. The average Bonchev–Trinajstić information content (AvgIpc) is 2.50. The van der Waals surface area contributed by atoms with Crippen LogP contribution < -0.4 is 10.6 Å². The van der Waals surface area contributed by atoms with Gasteiger partial charge in [0.05, 0.1) is 5.75 Å². The smallest absolute Gasteiger partial charge is 0.191 e. The summed E-state index contributed by atoms with van der Waals surface area (Å²) in [6.45, 7) is 13.7. The van der Waals surface area contributed by atoms with Crippen LogP contribution in [0.4, 0.5) is 0 Å². The maximum Gasteiger partial charge on any atom is 0.191 e. The molecule has 0 bridgehead atoms. The first-order valence-electron chi connectivity index (χ1n) is 9.64. The van der Waals surface area contributed by atoms with Gasteiger partial charge in [-0.05, 0) is 51.5 Å². The molecule has 2 atom stereocenters. The molecule has 1 aliphatic rings. The topological polar surface area (TPSA) is 73.8 Å². The quantitative estimate of drug-likeness (QED) is 0.288. The van der Waals surface area contributed by atoms with Gasteiger partial charge in [-0.3, -0.25) is 4.99 Å². The second kappa shape index (κ2) is 13.1. The molecule has 2 N–H and O–H groups in total. The van der Waals surface area contributed by atoms with Gasteiger partial charge in [0.15, 0.2) is 5.96 Å². The molecule has 0 spiro atoms. The number of guanidine groups is 1. The number of aliphatic imine (C=N–C) groups is 1. The molecule has 1 rings (SSSR count). The molecule has 26 heavy (non-hydrogen) atoms. The molecule has 8 heteroatoms. The van der Waals surface area contributed by atoms with Gasteiger partial charge in [-0.2, -0.15) is 0 Å². The lowest BCUT2D eigenvalue weighted by molar-refractivity contribution is 0.162. The summed E-state index contributed by atoms with van der Waals surface area (Å²) in [4.78, 5) is 7.31. The highest BCUT2D eigenvalue weighted by molar-refractivity contribution is 14.0. The molecule has 0 amide bonds. The van der Waals surface area contributed by atoms with E-state index >= 15 is 0 Å². The van der Waals surface area contributed by atoms with Crippen molar-refractivity contribution in [3.8, 4) is 0 Å². The lowest BCUT2D eigenvalue weighted by Gasteiger charge is -2.33. The van der Waals surface area contributed by atoms with Crippen LogP contribution in [0.15, 0.2) is 4.99 Å². The largest absolute Gasteiger partial charge is 0.357 e. The second-order valence-electron chi connectivity index (χ2n) is 7.85. The van der Waals surface area contributed by atoms with Gasteiger partial charge in [0, 0.05) is 38.5 Å². The molecule has 1 saturated heterocycles. The second-order valence-corrected chi connectivity index (χ2v) is 10.1. The molecule has 0 aliphatic carbocycles. The molecular weight excluding hydrogens is 463 g/mol. The summed E-state index contributed by atoms with van der Waals surface area (Å²) in [5.74, 6) is 2.31. The van der Waals surface area contributed by atoms with Crippen LogP contribution in [-0.4, -0.2) is 70.1 Å². The van der Waals surface area contributed by atoms with Crippen LogP contribution in [0.5, 0.6) is 0 Å². The molecule has 1 heterocycles. The van der Waals surface area contributed by atoms with E-state index in [1.54, 1.807) is 0 Å². The minimum absolute atomic E-state index is 0. The van der Waals surface area contributed by atoms with E-state index in [9.17, 15) is 8.42 Å². The molecule has 0 aromatic rings. The van der Waals surface area contributed by atoms with Crippen molar-refractivity contribution in [2.45, 2.75) is 53.0 Å². The van der Waals surface area contributed by atoms with Gasteiger partial charge in [0.2, 0.25) is 0 Å². The Balaban J connectivity index is 0.00000625. The molecule has 0 saturated carbocycles. The van der Waals surface area contributed by atoms with Crippen molar-refractivity contribution in [1.29, 1.82) is 0 Å². The number of sulfone groups is 1. The zero-order chi connectivity index (χ0) is 18.9. The van der Waals surface area contributed by atoms with E-state index < -0.39 is 9.84 Å². The van der Waals surface area contributed by atoms with Crippen molar-refractivity contribution >= 4 is 39.8 Å². The van der Waals surface area contributed by atoms with Crippen molar-refractivity contribution in [3.63, 3.8) is 0 Å². The minimum atomic E-state index is -2.92. The lowest BCUT2D eigenvalue weighted by atomic mass is 9.97. The van der Waals surface area contributed by atoms with Crippen LogP contribution in [-0.2, 0) is 9.84 Å². The van der Waals surface area contributed by atoms with E-state index in [-0.39, 0.29) is 35.8 Å². The first-order chi connectivity index (χ1) is 11.7. The van der Waals surface area contributed by atoms with Gasteiger partial charge in [0.1, 0.15) is 9.84 Å².